The molecule has 13 heteroatoms. The van der Waals surface area contributed by atoms with Gasteiger partial charge in [-0.15, -0.1) is 0 Å². The molecule has 1 aliphatic carbocycles. The smallest absolute Gasteiger partial charge is 0.264 e. The van der Waals surface area contributed by atoms with Crippen LogP contribution in [0.4, 0.5) is 20.5 Å². The summed E-state index contributed by atoms with van der Waals surface area (Å²) in [5.74, 6) is -2.09. The zero-order chi connectivity index (χ0) is 28.2. The predicted octanol–water partition coefficient (Wildman–Crippen LogP) is 5.07. The molecule has 4 rings (SSSR count). The number of hydrogen-bond acceptors (Lipinski definition) is 8. The summed E-state index contributed by atoms with van der Waals surface area (Å²) in [6.45, 7) is 0. The van der Waals surface area contributed by atoms with Crippen LogP contribution in [-0.4, -0.2) is 61.6 Å². The monoisotopic (exact) mass is 578 g/mol. The fourth-order valence-electron chi connectivity index (χ4n) is 4.31. The minimum atomic E-state index is -4.35. The molecular weight excluding hydrogens is 550 g/mol. The number of aromatic nitrogens is 3. The lowest BCUT2D eigenvalue weighted by Crippen LogP contribution is -2.36. The van der Waals surface area contributed by atoms with Crippen molar-refractivity contribution in [2.24, 2.45) is 0 Å². The highest BCUT2D eigenvalue weighted by molar-refractivity contribution is 7.92. The number of rotatable bonds is 9. The Hall–Kier alpha value is -3.35. The van der Waals surface area contributed by atoms with Crippen molar-refractivity contribution in [1.82, 2.24) is 19.9 Å². The molecule has 208 valence electrons. The second kappa shape index (κ2) is 12.2. The van der Waals surface area contributed by atoms with E-state index in [0.717, 1.165) is 37.3 Å². The number of sulfonamides is 1. The van der Waals surface area contributed by atoms with Crippen molar-refractivity contribution in [1.29, 1.82) is 0 Å². The van der Waals surface area contributed by atoms with Gasteiger partial charge in [0.15, 0.2) is 11.6 Å². The third kappa shape index (κ3) is 7.00. The Balaban J connectivity index is 1.41. The average Bonchev–Trinajstić information content (AvgIpc) is 2.91. The first-order valence-corrected chi connectivity index (χ1v) is 14.1. The molecule has 0 spiro atoms. The third-order valence-corrected chi connectivity index (χ3v) is 8.38. The van der Waals surface area contributed by atoms with Crippen LogP contribution in [0.1, 0.15) is 36.8 Å². The predicted molar refractivity (Wildman–Crippen MR) is 147 cm³/mol. The summed E-state index contributed by atoms with van der Waals surface area (Å²) in [6, 6.07) is 5.52. The Labute approximate surface area is 231 Å². The van der Waals surface area contributed by atoms with Crippen LogP contribution in [0.25, 0.3) is 12.2 Å². The highest BCUT2D eigenvalue weighted by Crippen LogP contribution is 2.29. The Morgan fingerprint density at radius 1 is 1.05 bits per heavy atom. The Kier molecular flexibility index (Phi) is 8.98. The molecule has 1 aromatic carbocycles. The summed E-state index contributed by atoms with van der Waals surface area (Å²) in [6.07, 6.45) is 11.3. The van der Waals surface area contributed by atoms with Crippen LogP contribution in [0, 0.1) is 11.6 Å². The van der Waals surface area contributed by atoms with Crippen LogP contribution < -0.4 is 14.8 Å². The largest absolute Gasteiger partial charge is 0.481 e. The molecule has 2 aromatic heterocycles. The van der Waals surface area contributed by atoms with E-state index < -0.39 is 31.6 Å². The normalized spacial score (nSPS) is 17.9. The number of anilines is 2. The van der Waals surface area contributed by atoms with Crippen LogP contribution in [0.2, 0.25) is 5.02 Å². The van der Waals surface area contributed by atoms with Gasteiger partial charge < -0.3 is 15.0 Å². The maximum Gasteiger partial charge on any atom is 0.264 e. The van der Waals surface area contributed by atoms with E-state index in [4.69, 9.17) is 16.3 Å². The van der Waals surface area contributed by atoms with Gasteiger partial charge in [-0.25, -0.2) is 27.2 Å². The quantitative estimate of drug-likeness (QED) is 0.339. The molecule has 0 aliphatic heterocycles. The number of pyridine rings is 1. The first-order chi connectivity index (χ1) is 18.6. The average molecular weight is 579 g/mol. The SMILES string of the molecule is COc1nc(NS(=O)(=O)c2ccc(F)c(F)c2Cl)ccc1/C=C/c1cnc(NC2CCC(N(C)C)CC2)nc1. The van der Waals surface area contributed by atoms with E-state index in [1.54, 1.807) is 30.6 Å². The molecule has 0 atom stereocenters. The molecule has 2 N–H and O–H groups in total. The first-order valence-electron chi connectivity index (χ1n) is 12.2. The number of hydrogen-bond donors (Lipinski definition) is 2. The van der Waals surface area contributed by atoms with Gasteiger partial charge in [-0.05, 0) is 70.1 Å². The van der Waals surface area contributed by atoms with Crippen molar-refractivity contribution >= 4 is 45.5 Å². The molecule has 0 amide bonds. The summed E-state index contributed by atoms with van der Waals surface area (Å²) < 4.78 is 60.0. The second-order valence-corrected chi connectivity index (χ2v) is 11.4. The molecule has 3 aromatic rings. The third-order valence-electron chi connectivity index (χ3n) is 6.50. The lowest BCUT2D eigenvalue weighted by Gasteiger charge is -2.32. The second-order valence-electron chi connectivity index (χ2n) is 9.36. The van der Waals surface area contributed by atoms with Crippen LogP contribution in [-0.2, 0) is 10.0 Å². The van der Waals surface area contributed by atoms with E-state index in [-0.39, 0.29) is 11.7 Å². The summed E-state index contributed by atoms with van der Waals surface area (Å²) in [7, 11) is 1.27. The van der Waals surface area contributed by atoms with Gasteiger partial charge in [0, 0.05) is 35.6 Å². The van der Waals surface area contributed by atoms with E-state index in [1.165, 1.54) is 13.2 Å². The van der Waals surface area contributed by atoms with Crippen molar-refractivity contribution < 1.29 is 21.9 Å². The van der Waals surface area contributed by atoms with E-state index in [0.29, 0.717) is 29.7 Å². The van der Waals surface area contributed by atoms with Gasteiger partial charge in [-0.2, -0.15) is 4.98 Å². The molecular formula is C26H29ClF2N6O3S. The Morgan fingerprint density at radius 2 is 1.74 bits per heavy atom. The van der Waals surface area contributed by atoms with Crippen molar-refractivity contribution in [3.05, 3.63) is 64.4 Å². The lowest BCUT2D eigenvalue weighted by molar-refractivity contribution is 0.221. The first kappa shape index (κ1) is 28.7. The fraction of sp³-hybridized carbons (Fsp3) is 0.346. The van der Waals surface area contributed by atoms with E-state index >= 15 is 0 Å². The van der Waals surface area contributed by atoms with Crippen LogP contribution in [0.15, 0.2) is 41.6 Å². The standard InChI is InChI=1S/C26H29ClF2N6O3S/c1-35(2)19-9-7-18(8-10-19)32-26-30-14-16(15-31-26)4-5-17-6-13-22(33-25(17)38-3)34-39(36,37)21-12-11-20(28)24(29)23(21)27/h4-6,11-15,18-19H,7-10H2,1-3H3,(H,33,34)(H,30,31,32)/b5-4+. The molecule has 1 aliphatic rings. The molecule has 0 bridgehead atoms. The van der Waals surface area contributed by atoms with Crippen LogP contribution in [0.5, 0.6) is 5.88 Å². The highest BCUT2D eigenvalue weighted by Gasteiger charge is 2.24. The van der Waals surface area contributed by atoms with Crippen LogP contribution in [0.3, 0.4) is 0 Å². The van der Waals surface area contributed by atoms with Crippen molar-refractivity contribution in [2.45, 2.75) is 42.7 Å². The zero-order valence-electron chi connectivity index (χ0n) is 21.7. The van der Waals surface area contributed by atoms with Crippen molar-refractivity contribution in [3.8, 4) is 5.88 Å². The number of nitrogens with one attached hydrogen (secondary N) is 2. The van der Waals surface area contributed by atoms with Gasteiger partial charge >= 0.3 is 0 Å². The van der Waals surface area contributed by atoms with Gasteiger partial charge in [0.1, 0.15) is 10.7 Å². The number of halogens is 3. The maximum atomic E-state index is 13.8. The Bertz CT molecular complexity index is 1450. The van der Waals surface area contributed by atoms with E-state index in [9.17, 15) is 17.2 Å². The van der Waals surface area contributed by atoms with Gasteiger partial charge in [0.25, 0.3) is 10.0 Å². The number of benzene rings is 1. The number of nitrogens with zero attached hydrogens (tertiary/aromatic N) is 4. The van der Waals surface area contributed by atoms with E-state index in [1.807, 2.05) is 0 Å². The van der Waals surface area contributed by atoms with Gasteiger partial charge in [-0.1, -0.05) is 17.7 Å². The molecule has 0 saturated heterocycles. The zero-order valence-corrected chi connectivity index (χ0v) is 23.2. The Morgan fingerprint density at radius 3 is 2.38 bits per heavy atom. The summed E-state index contributed by atoms with van der Waals surface area (Å²) in [5.41, 5.74) is 1.31. The lowest BCUT2D eigenvalue weighted by atomic mass is 9.91. The topological polar surface area (TPSA) is 109 Å². The van der Waals surface area contributed by atoms with Crippen molar-refractivity contribution in [3.63, 3.8) is 0 Å². The number of ether oxygens (including phenoxy) is 1. The molecule has 0 radical (unpaired) electrons. The molecule has 2 heterocycles. The fourth-order valence-corrected chi connectivity index (χ4v) is 5.84. The molecule has 39 heavy (non-hydrogen) atoms. The summed E-state index contributed by atoms with van der Waals surface area (Å²) in [4.78, 5) is 14.6. The van der Waals surface area contributed by atoms with Crippen LogP contribution >= 0.6 is 11.6 Å². The van der Waals surface area contributed by atoms with Gasteiger partial charge in [-0.3, -0.25) is 4.72 Å². The molecule has 0 unspecified atom stereocenters. The molecule has 1 fully saturated rings. The number of methoxy groups -OCH3 is 1. The summed E-state index contributed by atoms with van der Waals surface area (Å²) in [5, 5.41) is 2.55. The van der Waals surface area contributed by atoms with Gasteiger partial charge in [0.2, 0.25) is 11.8 Å². The highest BCUT2D eigenvalue weighted by atomic mass is 35.5. The molecule has 9 nitrogen and oxygen atoms in total. The minimum Gasteiger partial charge on any atom is -0.481 e. The van der Waals surface area contributed by atoms with Crippen molar-refractivity contribution in [2.75, 3.05) is 31.2 Å². The van der Waals surface area contributed by atoms with Gasteiger partial charge in [0.05, 0.1) is 12.1 Å². The minimum absolute atomic E-state index is 0.0943. The summed E-state index contributed by atoms with van der Waals surface area (Å²) >= 11 is 5.70. The van der Waals surface area contributed by atoms with E-state index in [2.05, 4.69) is 44.0 Å². The maximum absolute atomic E-state index is 13.8. The molecule has 1 saturated carbocycles.